The van der Waals surface area contributed by atoms with Crippen molar-refractivity contribution in [3.63, 3.8) is 0 Å². The molecule has 1 aromatic carbocycles. The zero-order valence-electron chi connectivity index (χ0n) is 8.66. The molecule has 0 aliphatic rings. The van der Waals surface area contributed by atoms with Gasteiger partial charge in [0.2, 0.25) is 0 Å². The van der Waals surface area contributed by atoms with E-state index in [1.54, 1.807) is 24.5 Å². The molecule has 2 aromatic rings. The number of halogens is 3. The Morgan fingerprint density at radius 2 is 2.00 bits per heavy atom. The third-order valence-electron chi connectivity index (χ3n) is 2.11. The van der Waals surface area contributed by atoms with Crippen molar-refractivity contribution in [3.8, 4) is 5.75 Å². The van der Waals surface area contributed by atoms with Gasteiger partial charge >= 0.3 is 6.36 Å². The molecule has 17 heavy (non-hydrogen) atoms. The first-order valence-electron chi connectivity index (χ1n) is 4.86. The van der Waals surface area contributed by atoms with E-state index in [-0.39, 0.29) is 12.2 Å². The lowest BCUT2D eigenvalue weighted by molar-refractivity contribution is -0.274. The van der Waals surface area contributed by atoms with Crippen molar-refractivity contribution in [2.24, 2.45) is 0 Å². The van der Waals surface area contributed by atoms with Crippen molar-refractivity contribution >= 4 is 0 Å². The third-order valence-corrected chi connectivity index (χ3v) is 2.11. The Morgan fingerprint density at radius 3 is 2.65 bits per heavy atom. The van der Waals surface area contributed by atoms with E-state index >= 15 is 0 Å². The highest BCUT2D eigenvalue weighted by molar-refractivity contribution is 5.35. The Bertz CT molecular complexity index is 480. The first kappa shape index (κ1) is 11.5. The molecular formula is C11H9F3N2O. The molecule has 1 N–H and O–H groups in total. The van der Waals surface area contributed by atoms with E-state index in [1.165, 1.54) is 12.1 Å². The fourth-order valence-electron chi connectivity index (χ4n) is 1.45. The first-order valence-corrected chi connectivity index (χ1v) is 4.86. The summed E-state index contributed by atoms with van der Waals surface area (Å²) < 4.78 is 40.4. The Kier molecular flexibility index (Phi) is 3.03. The predicted octanol–water partition coefficient (Wildman–Crippen LogP) is 2.90. The van der Waals surface area contributed by atoms with E-state index in [0.29, 0.717) is 11.4 Å². The molecule has 0 saturated heterocycles. The van der Waals surface area contributed by atoms with Crippen molar-refractivity contribution < 1.29 is 17.9 Å². The number of aromatic amines is 1. The largest absolute Gasteiger partial charge is 0.573 e. The van der Waals surface area contributed by atoms with Gasteiger partial charge in [0.15, 0.2) is 0 Å². The van der Waals surface area contributed by atoms with Crippen LogP contribution < -0.4 is 4.74 Å². The number of alkyl halides is 3. The lowest BCUT2D eigenvalue weighted by Gasteiger charge is -2.12. The normalized spacial score (nSPS) is 11.5. The summed E-state index contributed by atoms with van der Waals surface area (Å²) in [4.78, 5) is 6.78. The minimum atomic E-state index is -4.68. The molecule has 0 saturated carbocycles. The van der Waals surface area contributed by atoms with Gasteiger partial charge in [-0.25, -0.2) is 4.98 Å². The maximum Gasteiger partial charge on any atom is 0.573 e. The number of ether oxygens (including phenoxy) is 1. The van der Waals surface area contributed by atoms with Crippen LogP contribution in [0, 0.1) is 0 Å². The van der Waals surface area contributed by atoms with E-state index in [0.717, 1.165) is 0 Å². The number of rotatable bonds is 3. The second kappa shape index (κ2) is 4.48. The number of nitrogens with zero attached hydrogens (tertiary/aromatic N) is 1. The maximum atomic E-state index is 12.2. The number of para-hydroxylation sites is 1. The lowest BCUT2D eigenvalue weighted by Crippen LogP contribution is -2.18. The molecule has 90 valence electrons. The van der Waals surface area contributed by atoms with Gasteiger partial charge in [-0.05, 0) is 6.07 Å². The molecule has 0 spiro atoms. The summed E-state index contributed by atoms with van der Waals surface area (Å²) in [5.74, 6) is 0.389. The average Bonchev–Trinajstić information content (AvgIpc) is 2.71. The highest BCUT2D eigenvalue weighted by Gasteiger charge is 2.31. The van der Waals surface area contributed by atoms with Crippen LogP contribution in [0.5, 0.6) is 5.75 Å². The minimum Gasteiger partial charge on any atom is -0.405 e. The molecule has 0 aliphatic carbocycles. The Balaban J connectivity index is 2.22. The Hall–Kier alpha value is -1.98. The summed E-state index contributed by atoms with van der Waals surface area (Å²) in [7, 11) is 0. The quantitative estimate of drug-likeness (QED) is 0.898. The highest BCUT2D eigenvalue weighted by Crippen LogP contribution is 2.27. The molecule has 0 fully saturated rings. The minimum absolute atomic E-state index is 0.198. The number of imidazole rings is 1. The molecule has 3 nitrogen and oxygen atoms in total. The number of aromatic nitrogens is 2. The van der Waals surface area contributed by atoms with Crippen LogP contribution in [0.4, 0.5) is 13.2 Å². The summed E-state index contributed by atoms with van der Waals surface area (Å²) >= 11 is 0. The van der Waals surface area contributed by atoms with Gasteiger partial charge in [-0.1, -0.05) is 18.2 Å². The molecule has 1 aromatic heterocycles. The Labute approximate surface area is 95.3 Å². The summed E-state index contributed by atoms with van der Waals surface area (Å²) in [6, 6.07) is 6.00. The number of H-pyrrole nitrogens is 1. The van der Waals surface area contributed by atoms with Crippen molar-refractivity contribution in [2.45, 2.75) is 12.8 Å². The van der Waals surface area contributed by atoms with Crippen molar-refractivity contribution in [2.75, 3.05) is 0 Å². The van der Waals surface area contributed by atoms with Gasteiger partial charge in [0, 0.05) is 24.4 Å². The number of hydrogen-bond donors (Lipinski definition) is 1. The van der Waals surface area contributed by atoms with E-state index in [2.05, 4.69) is 14.7 Å². The van der Waals surface area contributed by atoms with E-state index < -0.39 is 6.36 Å². The molecule has 0 unspecified atom stereocenters. The number of hydrogen-bond acceptors (Lipinski definition) is 2. The Morgan fingerprint density at radius 1 is 1.24 bits per heavy atom. The SMILES string of the molecule is FC(F)(F)Oc1ccccc1Cc1ncc[nH]1. The summed E-state index contributed by atoms with van der Waals surface area (Å²) in [5.41, 5.74) is 0.430. The zero-order chi connectivity index (χ0) is 12.3. The molecule has 6 heteroatoms. The van der Waals surface area contributed by atoms with E-state index in [9.17, 15) is 13.2 Å². The molecule has 0 bridgehead atoms. The summed E-state index contributed by atoms with van der Waals surface area (Å²) in [6.07, 6.45) is -1.26. The van der Waals surface area contributed by atoms with Crippen LogP contribution in [0.1, 0.15) is 11.4 Å². The van der Waals surface area contributed by atoms with Crippen molar-refractivity contribution in [3.05, 3.63) is 48.0 Å². The van der Waals surface area contributed by atoms with Crippen molar-refractivity contribution in [1.29, 1.82) is 0 Å². The van der Waals surface area contributed by atoms with Crippen LogP contribution in [0.25, 0.3) is 0 Å². The maximum absolute atomic E-state index is 12.2. The average molecular weight is 242 g/mol. The van der Waals surface area contributed by atoms with Gasteiger partial charge in [0.05, 0.1) is 0 Å². The van der Waals surface area contributed by atoms with Crippen LogP contribution in [-0.2, 0) is 6.42 Å². The van der Waals surface area contributed by atoms with Gasteiger partial charge in [-0.2, -0.15) is 0 Å². The molecule has 0 aliphatic heterocycles. The topological polar surface area (TPSA) is 37.9 Å². The second-order valence-corrected chi connectivity index (χ2v) is 3.37. The standard InChI is InChI=1S/C11H9F3N2O/c12-11(13,14)17-9-4-2-1-3-8(9)7-10-15-5-6-16-10/h1-6H,7H2,(H,15,16). The molecule has 0 radical (unpaired) electrons. The first-order chi connectivity index (χ1) is 8.04. The highest BCUT2D eigenvalue weighted by atomic mass is 19.4. The third kappa shape index (κ3) is 3.24. The van der Waals surface area contributed by atoms with Gasteiger partial charge in [0.1, 0.15) is 11.6 Å². The van der Waals surface area contributed by atoms with Crippen LogP contribution in [-0.4, -0.2) is 16.3 Å². The smallest absolute Gasteiger partial charge is 0.405 e. The van der Waals surface area contributed by atoms with Crippen LogP contribution in [0.15, 0.2) is 36.7 Å². The van der Waals surface area contributed by atoms with Crippen LogP contribution in [0.3, 0.4) is 0 Å². The predicted molar refractivity (Wildman–Crippen MR) is 54.5 cm³/mol. The monoisotopic (exact) mass is 242 g/mol. The van der Waals surface area contributed by atoms with Crippen molar-refractivity contribution in [1.82, 2.24) is 9.97 Å². The summed E-state index contributed by atoms with van der Waals surface area (Å²) in [5, 5.41) is 0. The lowest BCUT2D eigenvalue weighted by atomic mass is 10.1. The van der Waals surface area contributed by atoms with Gasteiger partial charge in [-0.15, -0.1) is 13.2 Å². The summed E-state index contributed by atoms with van der Waals surface area (Å²) in [6.45, 7) is 0. The molecule has 1 heterocycles. The van der Waals surface area contributed by atoms with Gasteiger partial charge < -0.3 is 9.72 Å². The molecule has 2 rings (SSSR count). The molecule has 0 atom stereocenters. The van der Waals surface area contributed by atoms with Gasteiger partial charge in [0.25, 0.3) is 0 Å². The van der Waals surface area contributed by atoms with E-state index in [1.807, 2.05) is 0 Å². The fraction of sp³-hybridized carbons (Fsp3) is 0.182. The molecular weight excluding hydrogens is 233 g/mol. The van der Waals surface area contributed by atoms with Gasteiger partial charge in [-0.3, -0.25) is 0 Å². The second-order valence-electron chi connectivity index (χ2n) is 3.37. The van der Waals surface area contributed by atoms with Crippen LogP contribution in [0.2, 0.25) is 0 Å². The number of nitrogens with one attached hydrogen (secondary N) is 1. The van der Waals surface area contributed by atoms with Crippen LogP contribution >= 0.6 is 0 Å². The number of benzene rings is 1. The zero-order valence-corrected chi connectivity index (χ0v) is 8.66. The molecule has 0 amide bonds. The fourth-order valence-corrected chi connectivity index (χ4v) is 1.45. The van der Waals surface area contributed by atoms with E-state index in [4.69, 9.17) is 0 Å².